The van der Waals surface area contributed by atoms with Crippen molar-refractivity contribution in [3.63, 3.8) is 0 Å². The summed E-state index contributed by atoms with van der Waals surface area (Å²) in [6, 6.07) is 0. The van der Waals surface area contributed by atoms with Crippen LogP contribution < -0.4 is 5.73 Å². The Hall–Kier alpha value is -0.420. The first kappa shape index (κ1) is 14.0. The summed E-state index contributed by atoms with van der Waals surface area (Å²) in [4.78, 5) is 9.37. The van der Waals surface area contributed by atoms with E-state index in [2.05, 4.69) is 40.4 Å². The largest absolute Gasteiger partial charge is 0.370 e. The molecule has 0 aromatic carbocycles. The van der Waals surface area contributed by atoms with Crippen molar-refractivity contribution in [1.29, 1.82) is 0 Å². The second kappa shape index (κ2) is 6.15. The van der Waals surface area contributed by atoms with Crippen LogP contribution in [0.2, 0.25) is 0 Å². The molecule has 0 aliphatic carbocycles. The van der Waals surface area contributed by atoms with Gasteiger partial charge in [-0.05, 0) is 37.4 Å². The molecule has 1 saturated heterocycles. The van der Waals surface area contributed by atoms with Gasteiger partial charge in [-0.2, -0.15) is 11.8 Å². The van der Waals surface area contributed by atoms with E-state index in [0.717, 1.165) is 38.7 Å². The lowest BCUT2D eigenvalue weighted by Gasteiger charge is -2.42. The Balaban J connectivity index is 1.96. The first-order valence-electron chi connectivity index (χ1n) is 7.09. The van der Waals surface area contributed by atoms with Crippen molar-refractivity contribution in [2.24, 2.45) is 10.7 Å². The van der Waals surface area contributed by atoms with E-state index in [1.165, 1.54) is 24.3 Å². The van der Waals surface area contributed by atoms with E-state index >= 15 is 0 Å². The third-order valence-electron chi connectivity index (χ3n) is 4.34. The zero-order valence-electron chi connectivity index (χ0n) is 11.7. The molecular weight excluding hydrogens is 244 g/mol. The Morgan fingerprint density at radius 1 is 1.33 bits per heavy atom. The summed E-state index contributed by atoms with van der Waals surface area (Å²) < 4.78 is 0. The Kier molecular flexibility index (Phi) is 4.78. The lowest BCUT2D eigenvalue weighted by atomic mass is 9.91. The molecule has 104 valence electrons. The Morgan fingerprint density at radius 3 is 2.61 bits per heavy atom. The van der Waals surface area contributed by atoms with Crippen LogP contribution in [0.5, 0.6) is 0 Å². The van der Waals surface area contributed by atoms with Gasteiger partial charge in [0.25, 0.3) is 0 Å². The molecule has 0 bridgehead atoms. The molecule has 5 heteroatoms. The van der Waals surface area contributed by atoms with Crippen molar-refractivity contribution in [1.82, 2.24) is 9.80 Å². The Morgan fingerprint density at radius 2 is 2.00 bits per heavy atom. The number of rotatable bonds is 5. The minimum Gasteiger partial charge on any atom is -0.370 e. The SMILES string of the molecule is CCN(CC)CCN1C(N)=NCC12CCSCC2. The van der Waals surface area contributed by atoms with Crippen LogP contribution in [0.3, 0.4) is 0 Å². The fraction of sp³-hybridized carbons (Fsp3) is 0.923. The number of hydrogen-bond donors (Lipinski definition) is 1. The number of hydrogen-bond acceptors (Lipinski definition) is 5. The first-order valence-corrected chi connectivity index (χ1v) is 8.25. The second-order valence-corrected chi connectivity index (χ2v) is 6.41. The molecule has 0 unspecified atom stereocenters. The highest BCUT2D eigenvalue weighted by atomic mass is 32.2. The summed E-state index contributed by atoms with van der Waals surface area (Å²) in [6.07, 6.45) is 2.47. The van der Waals surface area contributed by atoms with Crippen LogP contribution in [0.25, 0.3) is 0 Å². The number of likely N-dealkylation sites (N-methyl/N-ethyl adjacent to an activating group) is 1. The average Bonchev–Trinajstić information content (AvgIpc) is 2.69. The number of guanidine groups is 1. The standard InChI is InChI=1S/C13H26N4S/c1-3-16(4-2)7-8-17-12(14)15-11-13(17)5-9-18-10-6-13/h3-11H2,1-2H3,(H2,14,15). The van der Waals surface area contributed by atoms with E-state index < -0.39 is 0 Å². The first-order chi connectivity index (χ1) is 8.72. The average molecular weight is 270 g/mol. The van der Waals surface area contributed by atoms with E-state index in [1.54, 1.807) is 0 Å². The van der Waals surface area contributed by atoms with Gasteiger partial charge in [0.1, 0.15) is 0 Å². The van der Waals surface area contributed by atoms with E-state index in [4.69, 9.17) is 5.73 Å². The Bertz CT molecular complexity index is 295. The molecule has 1 spiro atoms. The lowest BCUT2D eigenvalue weighted by molar-refractivity contribution is 0.161. The van der Waals surface area contributed by atoms with Gasteiger partial charge >= 0.3 is 0 Å². The molecule has 2 heterocycles. The number of nitrogens with two attached hydrogens (primary N) is 1. The minimum absolute atomic E-state index is 0.252. The van der Waals surface area contributed by atoms with Gasteiger partial charge in [0.05, 0.1) is 12.1 Å². The maximum atomic E-state index is 6.10. The van der Waals surface area contributed by atoms with Gasteiger partial charge in [0.2, 0.25) is 0 Å². The van der Waals surface area contributed by atoms with Crippen LogP contribution in [0.4, 0.5) is 0 Å². The fourth-order valence-electron chi connectivity index (χ4n) is 2.95. The maximum Gasteiger partial charge on any atom is 0.191 e. The predicted octanol–water partition coefficient (Wildman–Crippen LogP) is 1.22. The molecule has 0 amide bonds. The molecule has 2 aliphatic heterocycles. The molecular formula is C13H26N4S. The van der Waals surface area contributed by atoms with Crippen molar-refractivity contribution in [3.05, 3.63) is 0 Å². The van der Waals surface area contributed by atoms with Gasteiger partial charge in [0.15, 0.2) is 5.96 Å². The van der Waals surface area contributed by atoms with Crippen LogP contribution in [0, 0.1) is 0 Å². The fourth-order valence-corrected chi connectivity index (χ4v) is 4.21. The number of aliphatic imine (C=N–C) groups is 1. The van der Waals surface area contributed by atoms with E-state index in [-0.39, 0.29) is 5.54 Å². The summed E-state index contributed by atoms with van der Waals surface area (Å²) in [7, 11) is 0. The van der Waals surface area contributed by atoms with Crippen LogP contribution in [-0.4, -0.2) is 65.5 Å². The zero-order chi connectivity index (χ0) is 13.0. The minimum atomic E-state index is 0.252. The molecule has 0 aromatic rings. The molecule has 2 N–H and O–H groups in total. The zero-order valence-corrected chi connectivity index (χ0v) is 12.5. The lowest BCUT2D eigenvalue weighted by Crippen LogP contribution is -2.55. The molecule has 0 saturated carbocycles. The van der Waals surface area contributed by atoms with Gasteiger partial charge in [-0.25, -0.2) is 0 Å². The van der Waals surface area contributed by atoms with Gasteiger partial charge in [-0.3, -0.25) is 4.99 Å². The van der Waals surface area contributed by atoms with Crippen molar-refractivity contribution in [3.8, 4) is 0 Å². The smallest absolute Gasteiger partial charge is 0.191 e. The van der Waals surface area contributed by atoms with Crippen LogP contribution >= 0.6 is 11.8 Å². The van der Waals surface area contributed by atoms with Crippen molar-refractivity contribution in [2.45, 2.75) is 32.2 Å². The molecule has 2 aliphatic rings. The molecule has 0 atom stereocenters. The summed E-state index contributed by atoms with van der Waals surface area (Å²) in [5, 5.41) is 0. The summed E-state index contributed by atoms with van der Waals surface area (Å²) in [6.45, 7) is 9.71. The highest BCUT2D eigenvalue weighted by molar-refractivity contribution is 7.99. The van der Waals surface area contributed by atoms with E-state index in [1.807, 2.05) is 0 Å². The Labute approximate surface area is 115 Å². The molecule has 1 fully saturated rings. The van der Waals surface area contributed by atoms with Crippen molar-refractivity contribution < 1.29 is 0 Å². The number of nitrogens with zero attached hydrogens (tertiary/aromatic N) is 3. The molecule has 2 rings (SSSR count). The van der Waals surface area contributed by atoms with Crippen molar-refractivity contribution >= 4 is 17.7 Å². The van der Waals surface area contributed by atoms with Crippen LogP contribution in [0.15, 0.2) is 4.99 Å². The summed E-state index contributed by atoms with van der Waals surface area (Å²) in [5.41, 5.74) is 6.36. The maximum absolute atomic E-state index is 6.10. The molecule has 18 heavy (non-hydrogen) atoms. The van der Waals surface area contributed by atoms with Crippen LogP contribution in [-0.2, 0) is 0 Å². The van der Waals surface area contributed by atoms with Gasteiger partial charge in [-0.15, -0.1) is 0 Å². The van der Waals surface area contributed by atoms with Crippen LogP contribution in [0.1, 0.15) is 26.7 Å². The monoisotopic (exact) mass is 270 g/mol. The van der Waals surface area contributed by atoms with Gasteiger partial charge in [0, 0.05) is 13.1 Å². The topological polar surface area (TPSA) is 44.9 Å². The molecule has 4 nitrogen and oxygen atoms in total. The van der Waals surface area contributed by atoms with Crippen molar-refractivity contribution in [2.75, 3.05) is 44.2 Å². The molecule has 0 radical (unpaired) electrons. The quantitative estimate of drug-likeness (QED) is 0.816. The highest BCUT2D eigenvalue weighted by Crippen LogP contribution is 2.35. The normalized spacial score (nSPS) is 22.8. The predicted molar refractivity (Wildman–Crippen MR) is 80.3 cm³/mol. The number of thioether (sulfide) groups is 1. The molecule has 0 aromatic heterocycles. The van der Waals surface area contributed by atoms with Gasteiger partial charge in [-0.1, -0.05) is 13.8 Å². The summed E-state index contributed by atoms with van der Waals surface area (Å²) >= 11 is 2.06. The second-order valence-electron chi connectivity index (χ2n) is 5.19. The van der Waals surface area contributed by atoms with E-state index in [0.29, 0.717) is 0 Å². The van der Waals surface area contributed by atoms with Gasteiger partial charge < -0.3 is 15.5 Å². The third-order valence-corrected chi connectivity index (χ3v) is 5.33. The highest BCUT2D eigenvalue weighted by Gasteiger charge is 2.42. The summed E-state index contributed by atoms with van der Waals surface area (Å²) in [5.74, 6) is 3.28. The third kappa shape index (κ3) is 2.77. The van der Waals surface area contributed by atoms with E-state index in [9.17, 15) is 0 Å².